The third kappa shape index (κ3) is 6.90. The van der Waals surface area contributed by atoms with Crippen LogP contribution in [-0.2, 0) is 4.79 Å². The SMILES string of the molecule is CC(=O)c1ccc(NC(=O)C(=Cc2ccc(OC(C)C)cc2)NC(=O)c2ccccc2)cc1. The third-order valence-corrected chi connectivity index (χ3v) is 4.64. The van der Waals surface area contributed by atoms with Crippen molar-refractivity contribution >= 4 is 29.4 Å². The van der Waals surface area contributed by atoms with E-state index in [1.54, 1.807) is 78.9 Å². The van der Waals surface area contributed by atoms with Crippen molar-refractivity contribution in [1.82, 2.24) is 5.32 Å². The summed E-state index contributed by atoms with van der Waals surface area (Å²) in [5.74, 6) is -0.235. The molecule has 0 aliphatic carbocycles. The molecule has 0 aliphatic rings. The van der Waals surface area contributed by atoms with Crippen LogP contribution in [0.25, 0.3) is 6.08 Å². The van der Waals surface area contributed by atoms with Crippen molar-refractivity contribution in [2.24, 2.45) is 0 Å². The molecule has 3 aromatic carbocycles. The molecule has 0 saturated carbocycles. The Bertz CT molecular complexity index is 1150. The predicted molar refractivity (Wildman–Crippen MR) is 129 cm³/mol. The highest BCUT2D eigenvalue weighted by Gasteiger charge is 2.15. The van der Waals surface area contributed by atoms with Gasteiger partial charge >= 0.3 is 0 Å². The fraction of sp³-hybridized carbons (Fsp3) is 0.148. The summed E-state index contributed by atoms with van der Waals surface area (Å²) in [7, 11) is 0. The fourth-order valence-corrected chi connectivity index (χ4v) is 3.01. The maximum atomic E-state index is 13.0. The summed E-state index contributed by atoms with van der Waals surface area (Å²) in [4.78, 5) is 37.2. The van der Waals surface area contributed by atoms with E-state index in [1.165, 1.54) is 6.92 Å². The number of ether oxygens (including phenoxy) is 1. The first-order valence-corrected chi connectivity index (χ1v) is 10.6. The number of benzene rings is 3. The molecular formula is C27H26N2O4. The van der Waals surface area contributed by atoms with Gasteiger partial charge in [-0.25, -0.2) is 0 Å². The second-order valence-corrected chi connectivity index (χ2v) is 7.70. The minimum Gasteiger partial charge on any atom is -0.491 e. The second-order valence-electron chi connectivity index (χ2n) is 7.70. The van der Waals surface area contributed by atoms with Crippen molar-refractivity contribution in [1.29, 1.82) is 0 Å². The second kappa shape index (κ2) is 10.9. The van der Waals surface area contributed by atoms with Gasteiger partial charge in [0.1, 0.15) is 11.4 Å². The molecule has 0 heterocycles. The van der Waals surface area contributed by atoms with Crippen LogP contribution in [0.1, 0.15) is 47.1 Å². The van der Waals surface area contributed by atoms with Crippen LogP contribution < -0.4 is 15.4 Å². The average molecular weight is 443 g/mol. The van der Waals surface area contributed by atoms with Gasteiger partial charge in [-0.2, -0.15) is 0 Å². The number of rotatable bonds is 8. The van der Waals surface area contributed by atoms with Gasteiger partial charge in [-0.3, -0.25) is 14.4 Å². The highest BCUT2D eigenvalue weighted by atomic mass is 16.5. The van der Waals surface area contributed by atoms with E-state index in [-0.39, 0.29) is 17.6 Å². The van der Waals surface area contributed by atoms with E-state index in [2.05, 4.69) is 10.6 Å². The van der Waals surface area contributed by atoms with Crippen LogP contribution in [0, 0.1) is 0 Å². The fourth-order valence-electron chi connectivity index (χ4n) is 3.01. The topological polar surface area (TPSA) is 84.5 Å². The van der Waals surface area contributed by atoms with Crippen molar-refractivity contribution in [3.63, 3.8) is 0 Å². The molecule has 2 amide bonds. The van der Waals surface area contributed by atoms with Crippen molar-refractivity contribution in [3.8, 4) is 5.75 Å². The van der Waals surface area contributed by atoms with Crippen LogP contribution in [0.2, 0.25) is 0 Å². The standard InChI is InChI=1S/C27H26N2O4/c1-18(2)33-24-15-9-20(10-16-24)17-25(29-26(31)22-7-5-4-6-8-22)27(32)28-23-13-11-21(12-14-23)19(3)30/h4-18H,1-3H3,(H,28,32)(H,29,31). The maximum absolute atomic E-state index is 13.0. The van der Waals surface area contributed by atoms with Crippen molar-refractivity contribution < 1.29 is 19.1 Å². The van der Waals surface area contributed by atoms with Gasteiger partial charge in [0.25, 0.3) is 11.8 Å². The Morgan fingerprint density at radius 1 is 0.818 bits per heavy atom. The van der Waals surface area contributed by atoms with Crippen molar-refractivity contribution in [3.05, 3.63) is 101 Å². The van der Waals surface area contributed by atoms with Gasteiger partial charge in [-0.05, 0) is 80.9 Å². The third-order valence-electron chi connectivity index (χ3n) is 4.64. The number of amides is 2. The molecule has 0 bridgehead atoms. The number of hydrogen-bond donors (Lipinski definition) is 2. The molecule has 0 fully saturated rings. The molecular weight excluding hydrogens is 416 g/mol. The van der Waals surface area contributed by atoms with Crippen LogP contribution >= 0.6 is 0 Å². The summed E-state index contributed by atoms with van der Waals surface area (Å²) in [6, 6.07) is 22.4. The van der Waals surface area contributed by atoms with Gasteiger partial charge in [0.2, 0.25) is 0 Å². The Kier molecular flexibility index (Phi) is 7.76. The smallest absolute Gasteiger partial charge is 0.272 e. The van der Waals surface area contributed by atoms with E-state index < -0.39 is 11.8 Å². The zero-order valence-corrected chi connectivity index (χ0v) is 18.8. The number of nitrogens with one attached hydrogen (secondary N) is 2. The van der Waals surface area contributed by atoms with Crippen molar-refractivity contribution in [2.45, 2.75) is 26.9 Å². The van der Waals surface area contributed by atoms with Gasteiger partial charge < -0.3 is 15.4 Å². The molecule has 0 atom stereocenters. The molecule has 168 valence electrons. The van der Waals surface area contributed by atoms with Crippen molar-refractivity contribution in [2.75, 3.05) is 5.32 Å². The Hall–Kier alpha value is -4.19. The van der Waals surface area contributed by atoms with Crippen LogP contribution in [0.5, 0.6) is 5.75 Å². The van der Waals surface area contributed by atoms with Gasteiger partial charge in [0, 0.05) is 16.8 Å². The number of ketones is 1. The zero-order valence-electron chi connectivity index (χ0n) is 18.8. The molecule has 0 unspecified atom stereocenters. The number of anilines is 1. The molecule has 0 spiro atoms. The largest absolute Gasteiger partial charge is 0.491 e. The molecule has 0 radical (unpaired) electrons. The monoisotopic (exact) mass is 442 g/mol. The van der Waals surface area contributed by atoms with Crippen LogP contribution in [0.3, 0.4) is 0 Å². The highest BCUT2D eigenvalue weighted by molar-refractivity contribution is 6.10. The Balaban J connectivity index is 1.85. The van der Waals surface area contributed by atoms with E-state index >= 15 is 0 Å². The van der Waals surface area contributed by atoms with Gasteiger partial charge in [0.15, 0.2) is 5.78 Å². The van der Waals surface area contributed by atoms with E-state index in [1.807, 2.05) is 19.9 Å². The minimum atomic E-state index is -0.489. The first-order valence-electron chi connectivity index (χ1n) is 10.6. The molecule has 0 aliphatic heterocycles. The lowest BCUT2D eigenvalue weighted by Crippen LogP contribution is -2.30. The maximum Gasteiger partial charge on any atom is 0.272 e. The lowest BCUT2D eigenvalue weighted by Gasteiger charge is -2.12. The Morgan fingerprint density at radius 2 is 1.45 bits per heavy atom. The number of carbonyl (C=O) groups excluding carboxylic acids is 3. The van der Waals surface area contributed by atoms with E-state index in [0.29, 0.717) is 22.6 Å². The van der Waals surface area contributed by atoms with E-state index in [4.69, 9.17) is 4.74 Å². The van der Waals surface area contributed by atoms with Gasteiger partial charge in [-0.15, -0.1) is 0 Å². The zero-order chi connectivity index (χ0) is 23.8. The van der Waals surface area contributed by atoms with Crippen LogP contribution in [-0.4, -0.2) is 23.7 Å². The predicted octanol–water partition coefficient (Wildman–Crippen LogP) is 5.09. The first kappa shape index (κ1) is 23.5. The van der Waals surface area contributed by atoms with Crippen LogP contribution in [0.15, 0.2) is 84.6 Å². The van der Waals surface area contributed by atoms with E-state index in [9.17, 15) is 14.4 Å². The molecule has 0 aromatic heterocycles. The molecule has 33 heavy (non-hydrogen) atoms. The summed E-state index contributed by atoms with van der Waals surface area (Å²) in [6.45, 7) is 5.36. The number of carbonyl (C=O) groups is 3. The summed E-state index contributed by atoms with van der Waals surface area (Å²) >= 11 is 0. The molecule has 3 rings (SSSR count). The normalized spacial score (nSPS) is 11.1. The lowest BCUT2D eigenvalue weighted by atomic mass is 10.1. The highest BCUT2D eigenvalue weighted by Crippen LogP contribution is 2.17. The summed E-state index contributed by atoms with van der Waals surface area (Å²) in [5.41, 5.74) is 2.28. The van der Waals surface area contributed by atoms with Gasteiger partial charge in [0.05, 0.1) is 6.10 Å². The molecule has 2 N–H and O–H groups in total. The molecule has 3 aromatic rings. The first-order chi connectivity index (χ1) is 15.8. The average Bonchev–Trinajstić information content (AvgIpc) is 2.80. The number of Topliss-reactive ketones (excluding diaryl/α,β-unsaturated/α-hetero) is 1. The summed E-state index contributed by atoms with van der Waals surface area (Å²) in [5, 5.41) is 5.47. The lowest BCUT2D eigenvalue weighted by molar-refractivity contribution is -0.113. The van der Waals surface area contributed by atoms with Gasteiger partial charge in [-0.1, -0.05) is 30.3 Å². The molecule has 6 nitrogen and oxygen atoms in total. The van der Waals surface area contributed by atoms with E-state index in [0.717, 1.165) is 5.56 Å². The quantitative estimate of drug-likeness (QED) is 0.376. The summed E-state index contributed by atoms with van der Waals surface area (Å²) < 4.78 is 5.66. The molecule has 0 saturated heterocycles. The Morgan fingerprint density at radius 3 is 2.03 bits per heavy atom. The molecule has 6 heteroatoms. The van der Waals surface area contributed by atoms with Crippen LogP contribution in [0.4, 0.5) is 5.69 Å². The number of hydrogen-bond acceptors (Lipinski definition) is 4. The minimum absolute atomic E-state index is 0.0484. The Labute approximate surface area is 193 Å². The summed E-state index contributed by atoms with van der Waals surface area (Å²) in [6.07, 6.45) is 1.64.